The summed E-state index contributed by atoms with van der Waals surface area (Å²) in [5.74, 6) is -0.324. The van der Waals surface area contributed by atoms with Crippen LogP contribution in [0.5, 0.6) is 0 Å². The minimum atomic E-state index is -0.591. The molecule has 3 aromatic rings. The molecule has 0 aliphatic heterocycles. The Balaban J connectivity index is 1.89. The van der Waals surface area contributed by atoms with Gasteiger partial charge in [0.05, 0.1) is 16.3 Å². The molecule has 1 amide bonds. The molecule has 2 N–H and O–H groups in total. The van der Waals surface area contributed by atoms with E-state index in [0.29, 0.717) is 6.54 Å². The largest absolute Gasteiger partial charge is 0.393 e. The minimum Gasteiger partial charge on any atom is -0.393 e. The van der Waals surface area contributed by atoms with Crippen molar-refractivity contribution < 1.29 is 9.72 Å². The van der Waals surface area contributed by atoms with Gasteiger partial charge in [0.2, 0.25) is 0 Å². The summed E-state index contributed by atoms with van der Waals surface area (Å²) in [5.41, 5.74) is 10.4. The molecule has 0 aliphatic rings. The molecular formula is C21H23N5O3. The van der Waals surface area contributed by atoms with Crippen LogP contribution in [0.3, 0.4) is 0 Å². The highest BCUT2D eigenvalue weighted by atomic mass is 16.6. The van der Waals surface area contributed by atoms with Gasteiger partial charge in [0.25, 0.3) is 11.6 Å². The fourth-order valence-electron chi connectivity index (χ4n) is 3.30. The summed E-state index contributed by atoms with van der Waals surface area (Å²) >= 11 is 0. The molecule has 2 aromatic carbocycles. The normalized spacial score (nSPS) is 10.8. The second-order valence-electron chi connectivity index (χ2n) is 7.04. The highest BCUT2D eigenvalue weighted by Gasteiger charge is 2.21. The quantitative estimate of drug-likeness (QED) is 0.405. The van der Waals surface area contributed by atoms with Crippen molar-refractivity contribution in [2.75, 3.05) is 12.8 Å². The van der Waals surface area contributed by atoms with Gasteiger partial charge < -0.3 is 10.6 Å². The standard InChI is InChI=1S/C21H23N5O3/c1-13-7-5-6-8-19(13)25-15(3)17(14(2)23-25)12-24(4)21(27)16-9-10-18(22)20(11-16)26(28)29/h5-11H,12,22H2,1-4H3. The Morgan fingerprint density at radius 3 is 2.55 bits per heavy atom. The monoisotopic (exact) mass is 393 g/mol. The second-order valence-corrected chi connectivity index (χ2v) is 7.04. The van der Waals surface area contributed by atoms with Gasteiger partial charge in [-0.2, -0.15) is 5.10 Å². The summed E-state index contributed by atoms with van der Waals surface area (Å²) in [6.07, 6.45) is 0. The van der Waals surface area contributed by atoms with Crippen LogP contribution in [0.4, 0.5) is 11.4 Å². The molecule has 1 aromatic heterocycles. The highest BCUT2D eigenvalue weighted by Crippen LogP contribution is 2.25. The van der Waals surface area contributed by atoms with Crippen LogP contribution in [0.1, 0.15) is 32.9 Å². The topological polar surface area (TPSA) is 107 Å². The number of rotatable bonds is 5. The number of nitrogens with zero attached hydrogens (tertiary/aromatic N) is 4. The number of carbonyl (C=O) groups excluding carboxylic acids is 1. The molecule has 0 saturated heterocycles. The molecule has 0 aliphatic carbocycles. The molecule has 29 heavy (non-hydrogen) atoms. The van der Waals surface area contributed by atoms with Crippen molar-refractivity contribution in [3.63, 3.8) is 0 Å². The van der Waals surface area contributed by atoms with E-state index < -0.39 is 4.92 Å². The Hall–Kier alpha value is -3.68. The second kappa shape index (κ2) is 7.75. The summed E-state index contributed by atoms with van der Waals surface area (Å²) in [4.78, 5) is 24.9. The number of aryl methyl sites for hydroxylation is 2. The fourth-order valence-corrected chi connectivity index (χ4v) is 3.30. The number of carbonyl (C=O) groups is 1. The van der Waals surface area contributed by atoms with E-state index in [1.54, 1.807) is 7.05 Å². The van der Waals surface area contributed by atoms with E-state index in [1.807, 2.05) is 49.7 Å². The molecule has 0 spiro atoms. The molecule has 1 heterocycles. The van der Waals surface area contributed by atoms with Crippen LogP contribution in [0, 0.1) is 30.9 Å². The lowest BCUT2D eigenvalue weighted by molar-refractivity contribution is -0.383. The zero-order valence-corrected chi connectivity index (χ0v) is 16.8. The van der Waals surface area contributed by atoms with Crippen molar-refractivity contribution >= 4 is 17.3 Å². The Morgan fingerprint density at radius 2 is 1.90 bits per heavy atom. The molecule has 150 valence electrons. The number of anilines is 1. The van der Waals surface area contributed by atoms with Crippen LogP contribution >= 0.6 is 0 Å². The Bertz CT molecular complexity index is 1100. The summed E-state index contributed by atoms with van der Waals surface area (Å²) in [6.45, 7) is 6.23. The van der Waals surface area contributed by atoms with Gasteiger partial charge >= 0.3 is 0 Å². The number of nitrogens with two attached hydrogens (primary N) is 1. The maximum atomic E-state index is 12.8. The molecule has 0 saturated carbocycles. The number of nitrogen functional groups attached to an aromatic ring is 1. The number of hydrogen-bond donors (Lipinski definition) is 1. The SMILES string of the molecule is Cc1ccccc1-n1nc(C)c(CN(C)C(=O)c2ccc(N)c([N+](=O)[O-])c2)c1C. The molecule has 8 nitrogen and oxygen atoms in total. The lowest BCUT2D eigenvalue weighted by Crippen LogP contribution is -2.26. The van der Waals surface area contributed by atoms with Gasteiger partial charge in [-0.15, -0.1) is 0 Å². The molecule has 0 radical (unpaired) electrons. The third kappa shape index (κ3) is 3.82. The van der Waals surface area contributed by atoms with Crippen molar-refractivity contribution in [1.29, 1.82) is 0 Å². The van der Waals surface area contributed by atoms with Crippen LogP contribution in [0.2, 0.25) is 0 Å². The number of amides is 1. The van der Waals surface area contributed by atoms with Crippen molar-refractivity contribution in [2.45, 2.75) is 27.3 Å². The van der Waals surface area contributed by atoms with E-state index in [4.69, 9.17) is 5.73 Å². The van der Waals surface area contributed by atoms with Crippen LogP contribution in [-0.4, -0.2) is 32.6 Å². The number of nitro benzene ring substituents is 1. The maximum absolute atomic E-state index is 12.8. The van der Waals surface area contributed by atoms with Crippen molar-refractivity contribution in [3.05, 3.63) is 80.7 Å². The average Bonchev–Trinajstić information content (AvgIpc) is 2.96. The maximum Gasteiger partial charge on any atom is 0.292 e. The predicted octanol–water partition coefficient (Wildman–Crippen LogP) is 3.56. The summed E-state index contributed by atoms with van der Waals surface area (Å²) in [5, 5.41) is 15.7. The average molecular weight is 393 g/mol. The number of nitro groups is 1. The fraction of sp³-hybridized carbons (Fsp3) is 0.238. The van der Waals surface area contributed by atoms with E-state index in [-0.39, 0.29) is 22.8 Å². The summed E-state index contributed by atoms with van der Waals surface area (Å²) < 4.78 is 1.88. The minimum absolute atomic E-state index is 0.0281. The van der Waals surface area contributed by atoms with Crippen molar-refractivity contribution in [1.82, 2.24) is 14.7 Å². The third-order valence-electron chi connectivity index (χ3n) is 5.00. The summed E-state index contributed by atoms with van der Waals surface area (Å²) in [7, 11) is 1.66. The molecule has 0 unspecified atom stereocenters. The van der Waals surface area contributed by atoms with Crippen LogP contribution in [-0.2, 0) is 6.54 Å². The molecule has 0 fully saturated rings. The Kier molecular flexibility index (Phi) is 5.36. The molecule has 0 bridgehead atoms. The van der Waals surface area contributed by atoms with Crippen molar-refractivity contribution in [2.24, 2.45) is 0 Å². The van der Waals surface area contributed by atoms with Gasteiger partial charge in [-0.25, -0.2) is 4.68 Å². The van der Waals surface area contributed by atoms with Gasteiger partial charge in [-0.1, -0.05) is 18.2 Å². The third-order valence-corrected chi connectivity index (χ3v) is 5.00. The predicted molar refractivity (Wildman–Crippen MR) is 111 cm³/mol. The molecular weight excluding hydrogens is 370 g/mol. The van der Waals surface area contributed by atoms with Gasteiger partial charge in [-0.05, 0) is 44.5 Å². The van der Waals surface area contributed by atoms with Gasteiger partial charge in [-0.3, -0.25) is 14.9 Å². The van der Waals surface area contributed by atoms with Crippen LogP contribution < -0.4 is 5.73 Å². The van der Waals surface area contributed by atoms with E-state index in [9.17, 15) is 14.9 Å². The number of benzene rings is 2. The first-order valence-corrected chi connectivity index (χ1v) is 9.11. The first-order chi connectivity index (χ1) is 13.7. The number of hydrogen-bond acceptors (Lipinski definition) is 5. The lowest BCUT2D eigenvalue weighted by atomic mass is 10.1. The number of para-hydroxylation sites is 1. The van der Waals surface area contributed by atoms with Crippen LogP contribution in [0.15, 0.2) is 42.5 Å². The first-order valence-electron chi connectivity index (χ1n) is 9.11. The number of aromatic nitrogens is 2. The molecule has 3 rings (SSSR count). The molecule has 0 atom stereocenters. The highest BCUT2D eigenvalue weighted by molar-refractivity contribution is 5.95. The zero-order valence-electron chi connectivity index (χ0n) is 16.8. The Labute approximate surface area is 168 Å². The summed E-state index contributed by atoms with van der Waals surface area (Å²) in [6, 6.07) is 12.1. The van der Waals surface area contributed by atoms with Gasteiger partial charge in [0, 0.05) is 36.5 Å². The van der Waals surface area contributed by atoms with Gasteiger partial charge in [0.15, 0.2) is 0 Å². The molecule has 8 heteroatoms. The van der Waals surface area contributed by atoms with Crippen molar-refractivity contribution in [3.8, 4) is 5.69 Å². The Morgan fingerprint density at radius 1 is 1.21 bits per heavy atom. The van der Waals surface area contributed by atoms with Crippen LogP contribution in [0.25, 0.3) is 5.69 Å². The first kappa shape index (κ1) is 20.1. The van der Waals surface area contributed by atoms with E-state index in [1.165, 1.54) is 23.1 Å². The zero-order chi connectivity index (χ0) is 21.3. The van der Waals surface area contributed by atoms with E-state index in [2.05, 4.69) is 5.10 Å². The van der Waals surface area contributed by atoms with E-state index in [0.717, 1.165) is 28.2 Å². The smallest absolute Gasteiger partial charge is 0.292 e. The lowest BCUT2D eigenvalue weighted by Gasteiger charge is -2.18. The van der Waals surface area contributed by atoms with E-state index >= 15 is 0 Å². The van der Waals surface area contributed by atoms with Gasteiger partial charge in [0.1, 0.15) is 5.69 Å².